The number of benzene rings is 1. The third kappa shape index (κ3) is 4.56. The number of aryl methyl sites for hydroxylation is 1. The lowest BCUT2D eigenvalue weighted by Gasteiger charge is -2.07. The van der Waals surface area contributed by atoms with Crippen molar-refractivity contribution >= 4 is 31.9 Å². The third-order valence-electron chi connectivity index (χ3n) is 6.08. The molecule has 0 aliphatic rings. The van der Waals surface area contributed by atoms with E-state index < -0.39 is 15.7 Å². The van der Waals surface area contributed by atoms with Crippen LogP contribution in [0.1, 0.15) is 5.56 Å². The summed E-state index contributed by atoms with van der Waals surface area (Å²) in [6, 6.07) is 12.1. The zero-order valence-electron chi connectivity index (χ0n) is 19.6. The number of hydrogen-bond donors (Lipinski definition) is 2. The van der Waals surface area contributed by atoms with Crippen molar-refractivity contribution in [2.24, 2.45) is 0 Å². The van der Waals surface area contributed by atoms with Gasteiger partial charge >= 0.3 is 0 Å². The minimum atomic E-state index is -3.17. The van der Waals surface area contributed by atoms with Crippen molar-refractivity contribution in [3.8, 4) is 33.8 Å². The van der Waals surface area contributed by atoms with Crippen molar-refractivity contribution in [1.82, 2.24) is 35.1 Å². The van der Waals surface area contributed by atoms with E-state index >= 15 is 0 Å². The number of pyridine rings is 2. The average Bonchev–Trinajstić information content (AvgIpc) is 3.51. The molecule has 0 fully saturated rings. The van der Waals surface area contributed by atoms with Crippen molar-refractivity contribution in [2.75, 3.05) is 12.0 Å². The smallest absolute Gasteiger partial charge is 0.147 e. The fourth-order valence-corrected chi connectivity index (χ4v) is 4.95. The number of aromatic nitrogens is 7. The zero-order chi connectivity index (χ0) is 25.6. The highest BCUT2D eigenvalue weighted by Gasteiger charge is 2.17. The molecule has 2 N–H and O–H groups in total. The molecule has 0 bridgehead atoms. The Bertz CT molecular complexity index is 1880. The van der Waals surface area contributed by atoms with Crippen molar-refractivity contribution in [3.05, 3.63) is 78.8 Å². The van der Waals surface area contributed by atoms with E-state index in [4.69, 9.17) is 4.98 Å². The Balaban J connectivity index is 1.44. The molecule has 0 saturated carbocycles. The van der Waals surface area contributed by atoms with Crippen LogP contribution in [-0.2, 0) is 16.3 Å². The SMILES string of the molecule is CS(=O)(=O)CCc1cc(F)cc(-c2ccnc3[nH]c(-c4n[nH]c5ccc(-c6cncnc6)nc45)cc23)c1. The fraction of sp³-hybridized carbons (Fsp3) is 0.115. The molecule has 0 aliphatic heterocycles. The van der Waals surface area contributed by atoms with Crippen molar-refractivity contribution in [2.45, 2.75) is 6.42 Å². The van der Waals surface area contributed by atoms with Crippen LogP contribution in [0.3, 0.4) is 0 Å². The van der Waals surface area contributed by atoms with Gasteiger partial charge in [-0.05, 0) is 59.5 Å². The Morgan fingerprint density at radius 2 is 1.84 bits per heavy atom. The second-order valence-electron chi connectivity index (χ2n) is 8.82. The van der Waals surface area contributed by atoms with Gasteiger partial charge in [-0.2, -0.15) is 5.10 Å². The summed E-state index contributed by atoms with van der Waals surface area (Å²) in [5.74, 6) is -0.478. The zero-order valence-corrected chi connectivity index (χ0v) is 20.4. The summed E-state index contributed by atoms with van der Waals surface area (Å²) < 4.78 is 37.7. The van der Waals surface area contributed by atoms with E-state index in [1.54, 1.807) is 18.6 Å². The molecule has 0 radical (unpaired) electrons. The molecule has 0 amide bonds. The lowest BCUT2D eigenvalue weighted by atomic mass is 10.00. The number of sulfone groups is 1. The molecule has 0 aliphatic carbocycles. The standard InChI is InChI=1S/C26H20FN7O2S/c1-37(35,36)7-5-15-8-16(10-18(27)9-15)19-4-6-30-26-20(19)11-23(32-26)25-24-22(33-34-25)3-2-21(31-24)17-12-28-14-29-13-17/h2-4,6,8-14H,5,7H2,1H3,(H,30,32)(H,33,34). The van der Waals surface area contributed by atoms with Gasteiger partial charge in [0.25, 0.3) is 0 Å². The highest BCUT2D eigenvalue weighted by atomic mass is 32.2. The number of fused-ring (bicyclic) bond motifs is 2. The number of nitrogens with zero attached hydrogens (tertiary/aromatic N) is 5. The molecule has 9 nitrogen and oxygen atoms in total. The Kier molecular flexibility index (Phi) is 5.49. The normalized spacial score (nSPS) is 11.9. The predicted octanol–water partition coefficient (Wildman–Crippen LogP) is 4.35. The molecule has 5 heterocycles. The minimum absolute atomic E-state index is 0.0493. The van der Waals surface area contributed by atoms with E-state index in [9.17, 15) is 12.8 Å². The van der Waals surface area contributed by atoms with Gasteiger partial charge in [0.15, 0.2) is 0 Å². The maximum atomic E-state index is 14.5. The van der Waals surface area contributed by atoms with E-state index in [0.29, 0.717) is 39.4 Å². The summed E-state index contributed by atoms with van der Waals surface area (Å²) in [6.07, 6.45) is 7.91. The van der Waals surface area contributed by atoms with Gasteiger partial charge < -0.3 is 4.98 Å². The van der Waals surface area contributed by atoms with Crippen LogP contribution in [0.25, 0.3) is 55.8 Å². The summed E-state index contributed by atoms with van der Waals surface area (Å²) >= 11 is 0. The number of nitrogens with one attached hydrogen (secondary N) is 2. The van der Waals surface area contributed by atoms with Crippen LogP contribution in [0.4, 0.5) is 4.39 Å². The summed E-state index contributed by atoms with van der Waals surface area (Å²) in [5.41, 5.74) is 6.88. The molecule has 6 aromatic rings. The fourth-order valence-electron chi connectivity index (χ4n) is 4.34. The molecule has 184 valence electrons. The van der Waals surface area contributed by atoms with Crippen LogP contribution >= 0.6 is 0 Å². The lowest BCUT2D eigenvalue weighted by Crippen LogP contribution is -2.06. The van der Waals surface area contributed by atoms with E-state index in [-0.39, 0.29) is 12.2 Å². The minimum Gasteiger partial charge on any atom is -0.338 e. The van der Waals surface area contributed by atoms with Gasteiger partial charge in [0.05, 0.1) is 22.7 Å². The Morgan fingerprint density at radius 3 is 2.65 bits per heavy atom. The number of hydrogen-bond acceptors (Lipinski definition) is 7. The number of halogens is 1. The van der Waals surface area contributed by atoms with Crippen molar-refractivity contribution < 1.29 is 12.8 Å². The first-order chi connectivity index (χ1) is 17.8. The quantitative estimate of drug-likeness (QED) is 0.339. The Morgan fingerprint density at radius 1 is 1.00 bits per heavy atom. The third-order valence-corrected chi connectivity index (χ3v) is 7.03. The van der Waals surface area contributed by atoms with Gasteiger partial charge in [-0.3, -0.25) is 5.10 Å². The maximum Gasteiger partial charge on any atom is 0.147 e. The monoisotopic (exact) mass is 513 g/mol. The van der Waals surface area contributed by atoms with E-state index in [2.05, 4.69) is 30.1 Å². The second kappa shape index (κ2) is 8.86. The van der Waals surface area contributed by atoms with Gasteiger partial charge in [0.2, 0.25) is 0 Å². The molecule has 1 aromatic carbocycles. The van der Waals surface area contributed by atoms with E-state index in [1.165, 1.54) is 24.7 Å². The molecule has 37 heavy (non-hydrogen) atoms. The summed E-state index contributed by atoms with van der Waals surface area (Å²) in [4.78, 5) is 20.7. The van der Waals surface area contributed by atoms with Crippen LogP contribution in [0.2, 0.25) is 0 Å². The second-order valence-corrected chi connectivity index (χ2v) is 11.1. The maximum absolute atomic E-state index is 14.5. The summed E-state index contributed by atoms with van der Waals surface area (Å²) in [5, 5.41) is 8.27. The predicted molar refractivity (Wildman–Crippen MR) is 139 cm³/mol. The highest BCUT2D eigenvalue weighted by Crippen LogP contribution is 2.34. The number of rotatable bonds is 6. The molecule has 5 aromatic heterocycles. The first kappa shape index (κ1) is 22.9. The van der Waals surface area contributed by atoms with Crippen LogP contribution in [0.5, 0.6) is 0 Å². The molecule has 6 rings (SSSR count). The molecule has 0 unspecified atom stereocenters. The van der Waals surface area contributed by atoms with E-state index in [1.807, 2.05) is 30.3 Å². The van der Waals surface area contributed by atoms with Crippen LogP contribution < -0.4 is 0 Å². The van der Waals surface area contributed by atoms with Gasteiger partial charge in [-0.15, -0.1) is 0 Å². The number of aromatic amines is 2. The first-order valence-corrected chi connectivity index (χ1v) is 13.5. The molecular weight excluding hydrogens is 493 g/mol. The molecule has 0 saturated heterocycles. The van der Waals surface area contributed by atoms with Gasteiger partial charge in [-0.25, -0.2) is 32.7 Å². The van der Waals surface area contributed by atoms with Crippen LogP contribution in [-0.4, -0.2) is 55.5 Å². The summed E-state index contributed by atoms with van der Waals surface area (Å²) in [7, 11) is -3.17. The lowest BCUT2D eigenvalue weighted by molar-refractivity contribution is 0.600. The highest BCUT2D eigenvalue weighted by molar-refractivity contribution is 7.90. The largest absolute Gasteiger partial charge is 0.338 e. The first-order valence-electron chi connectivity index (χ1n) is 11.4. The van der Waals surface area contributed by atoms with Gasteiger partial charge in [-0.1, -0.05) is 6.07 Å². The number of H-pyrrole nitrogens is 2. The molecular formula is C26H20FN7O2S. The van der Waals surface area contributed by atoms with Gasteiger partial charge in [0, 0.05) is 35.8 Å². The van der Waals surface area contributed by atoms with Gasteiger partial charge in [0.1, 0.15) is 38.8 Å². The summed E-state index contributed by atoms with van der Waals surface area (Å²) in [6.45, 7) is 0. The van der Waals surface area contributed by atoms with Crippen molar-refractivity contribution in [3.63, 3.8) is 0 Å². The van der Waals surface area contributed by atoms with E-state index in [0.717, 1.165) is 22.0 Å². The van der Waals surface area contributed by atoms with Crippen molar-refractivity contribution in [1.29, 1.82) is 0 Å². The topological polar surface area (TPSA) is 130 Å². The average molecular weight is 514 g/mol. The molecule has 0 spiro atoms. The Hall–Kier alpha value is -4.51. The Labute approximate surface area is 210 Å². The molecule has 11 heteroatoms. The molecule has 0 atom stereocenters. The van der Waals surface area contributed by atoms with Crippen LogP contribution in [0.15, 0.2) is 67.4 Å². The van der Waals surface area contributed by atoms with Crippen LogP contribution in [0, 0.1) is 5.82 Å².